The molecule has 0 heterocycles. The van der Waals surface area contributed by atoms with Gasteiger partial charge in [0, 0.05) is 0 Å². The van der Waals surface area contributed by atoms with E-state index in [4.69, 9.17) is 0 Å². The Kier molecular flexibility index (Phi) is 431. The first-order valence-corrected chi connectivity index (χ1v) is 0. The molecule has 4 heteroatoms. The Labute approximate surface area is 58.3 Å². The van der Waals surface area contributed by atoms with Crippen molar-refractivity contribution in [1.82, 2.24) is 6.15 Å². The van der Waals surface area contributed by atoms with Crippen LogP contribution in [-0.4, -0.2) is 5.48 Å². The summed E-state index contributed by atoms with van der Waals surface area (Å²) in [7, 11) is 0. The topological polar surface area (TPSA) is 93.5 Å². The first-order valence-electron chi connectivity index (χ1n) is 0. The number of hydrogen-bond acceptors (Lipinski definition) is 2. The molecule has 0 aromatic rings. The van der Waals surface area contributed by atoms with Gasteiger partial charge in [-0.05, 0) is 0 Å². The molecule has 0 aliphatic carbocycles. The molecule has 0 aliphatic heterocycles. The summed E-state index contributed by atoms with van der Waals surface area (Å²) < 4.78 is 0. The van der Waals surface area contributed by atoms with Crippen molar-refractivity contribution in [2.75, 3.05) is 0 Å². The van der Waals surface area contributed by atoms with E-state index in [2.05, 4.69) is 0 Å². The van der Waals surface area contributed by atoms with Crippen LogP contribution in [0, 0.1) is 41.7 Å². The summed E-state index contributed by atoms with van der Waals surface area (Å²) in [6, 6.07) is 0. The molecule has 0 spiro atoms. The van der Waals surface area contributed by atoms with Gasteiger partial charge in [-0.1, -0.05) is 0 Å². The minimum Gasteiger partial charge on any atom is -2.00 e. The van der Waals surface area contributed by atoms with E-state index in [-0.39, 0.29) is 58.9 Å². The summed E-state index contributed by atoms with van der Waals surface area (Å²) in [5, 5.41) is 0. The van der Waals surface area contributed by atoms with Crippen LogP contribution in [-0.2, 0) is 5.48 Å². The zero-order valence-corrected chi connectivity index (χ0v) is 5.20. The second-order valence-corrected chi connectivity index (χ2v) is 0. The van der Waals surface area contributed by atoms with Gasteiger partial charge in [0.1, 0.15) is 0 Å². The smallest absolute Gasteiger partial charge is 2.00 e. The number of rotatable bonds is 0. The number of hydrogen-bond donors (Lipinski definition) is 1. The van der Waals surface area contributed by atoms with Crippen LogP contribution in [0.15, 0.2) is 0 Å². The third-order valence-corrected chi connectivity index (χ3v) is 0. The van der Waals surface area contributed by atoms with Gasteiger partial charge in [0.15, 0.2) is 0 Å². The molecule has 0 amide bonds. The van der Waals surface area contributed by atoms with Crippen molar-refractivity contribution in [2.24, 2.45) is 0 Å². The summed E-state index contributed by atoms with van der Waals surface area (Å²) in [5.41, 5.74) is 0. The second kappa shape index (κ2) is 28.6. The van der Waals surface area contributed by atoms with Crippen molar-refractivity contribution in [3.05, 3.63) is 0 Å². The molecule has 0 atom stereocenters. The van der Waals surface area contributed by atoms with Crippen LogP contribution in [0.5, 0.6) is 0 Å². The van der Waals surface area contributed by atoms with Gasteiger partial charge in [0.05, 0.1) is 0 Å². The molecule has 0 aliphatic rings. The van der Waals surface area contributed by atoms with Crippen LogP contribution in [0.4, 0.5) is 0 Å². The van der Waals surface area contributed by atoms with Crippen molar-refractivity contribution < 1.29 is 52.7 Å². The molecule has 0 bridgehead atoms. The first kappa shape index (κ1) is 60.3. The largest absolute Gasteiger partial charge is 3.00 e. The van der Waals surface area contributed by atoms with Crippen LogP contribution in [0.25, 0.3) is 0 Å². The molecule has 0 saturated carbocycles. The first-order chi connectivity index (χ1) is 0. The maximum Gasteiger partial charge on any atom is 3.00 e. The summed E-state index contributed by atoms with van der Waals surface area (Å²) in [6.07, 6.45) is 0. The minimum atomic E-state index is 0. The zero-order chi connectivity index (χ0) is 0. The van der Waals surface area contributed by atoms with Gasteiger partial charge < -0.3 is 17.1 Å². The molecule has 1 radical (unpaired) electrons. The molecule has 0 aromatic heterocycles. The fourth-order valence-electron chi connectivity index (χ4n) is 0. The molecular weight excluding hydrogens is 186 g/mol. The van der Waals surface area contributed by atoms with Gasteiger partial charge in [0.2, 0.25) is 0 Å². The van der Waals surface area contributed by atoms with Crippen molar-refractivity contribution in [3.8, 4) is 0 Å². The Balaban J connectivity index is 0. The van der Waals surface area contributed by atoms with E-state index >= 15 is 0 Å². The third-order valence-electron chi connectivity index (χ3n) is 0. The molecule has 3 nitrogen and oxygen atoms in total. The van der Waals surface area contributed by atoms with Gasteiger partial charge >= 0.3 is 41.7 Å². The summed E-state index contributed by atoms with van der Waals surface area (Å²) in [4.78, 5) is 0. The fraction of sp³-hybridized carbons (Fsp3) is 0. The van der Waals surface area contributed by atoms with Gasteiger partial charge in [-0.3, -0.25) is 0 Å². The molecule has 0 aromatic carbocycles. The Morgan fingerprint density at radius 2 is 1.00 bits per heavy atom. The molecule has 4 N–H and O–H groups in total. The van der Waals surface area contributed by atoms with Crippen LogP contribution >= 0.6 is 0 Å². The van der Waals surface area contributed by atoms with E-state index in [1.54, 1.807) is 0 Å². The van der Waals surface area contributed by atoms with E-state index in [9.17, 15) is 0 Å². The Bertz CT molecular complexity index is 6.00. The Morgan fingerprint density at radius 3 is 1.00 bits per heavy atom. The van der Waals surface area contributed by atoms with E-state index in [0.717, 1.165) is 0 Å². The predicted molar refractivity (Wildman–Crippen MR) is 7.64 cm³/mol. The summed E-state index contributed by atoms with van der Waals surface area (Å²) >= 11 is 0. The molecule has 0 rings (SSSR count). The maximum atomic E-state index is 0. The third kappa shape index (κ3) is 10.5. The molecule has 0 unspecified atom stereocenters. The quantitative estimate of drug-likeness (QED) is 0.575. The fourth-order valence-corrected chi connectivity index (χ4v) is 0. The average molecular weight is 190 g/mol. The molecule has 0 fully saturated rings. The van der Waals surface area contributed by atoms with Crippen molar-refractivity contribution in [3.63, 3.8) is 0 Å². The van der Waals surface area contributed by atoms with Crippen molar-refractivity contribution >= 4 is 0 Å². The van der Waals surface area contributed by atoms with Crippen LogP contribution in [0.2, 0.25) is 0 Å². The van der Waals surface area contributed by atoms with Gasteiger partial charge in [-0.25, -0.2) is 0 Å². The maximum absolute atomic E-state index is 0. The van der Waals surface area contributed by atoms with Crippen LogP contribution in [0.1, 0.15) is 0 Å². The Morgan fingerprint density at radius 1 is 1.00 bits per heavy atom. The van der Waals surface area contributed by atoms with Gasteiger partial charge in [-0.2, -0.15) is 0 Å². The van der Waals surface area contributed by atoms with Gasteiger partial charge in [0.25, 0.3) is 0 Å². The van der Waals surface area contributed by atoms with E-state index in [1.807, 2.05) is 0 Å². The monoisotopic (exact) mass is 190 g/mol. The predicted octanol–water partition coefficient (Wildman–Crippen LogP) is -0.134. The van der Waals surface area contributed by atoms with Crippen LogP contribution in [0.3, 0.4) is 0 Å². The van der Waals surface area contributed by atoms with Crippen molar-refractivity contribution in [2.45, 2.75) is 0 Å². The molecule has 0 saturated heterocycles. The van der Waals surface area contributed by atoms with Crippen molar-refractivity contribution in [1.29, 1.82) is 0 Å². The summed E-state index contributed by atoms with van der Waals surface area (Å²) in [6.45, 7) is 0. The average Bonchev–Trinajstić information content (AvgIpc) is 0. The Hall–Kier alpha value is 1.26. The van der Waals surface area contributed by atoms with E-state index in [0.29, 0.717) is 0 Å². The zero-order valence-electron chi connectivity index (χ0n) is 2.06. The van der Waals surface area contributed by atoms with Crippen LogP contribution < -0.4 is 6.15 Å². The molecule has 25 valence electrons. The normalized spacial score (nSPS) is 0. The molecule has 4 heavy (non-hydrogen) atoms. The van der Waals surface area contributed by atoms with E-state index < -0.39 is 0 Å². The molecular formula is H4CeNO2. The minimum absolute atomic E-state index is 0. The van der Waals surface area contributed by atoms with E-state index in [1.165, 1.54) is 0 Å². The van der Waals surface area contributed by atoms with Gasteiger partial charge in [-0.15, -0.1) is 0 Å². The SMILES string of the molecule is N.[Ce+3].[O-2].[OH-]. The summed E-state index contributed by atoms with van der Waals surface area (Å²) in [5.74, 6) is 0. The second-order valence-electron chi connectivity index (χ2n) is 0. The standard InChI is InChI=1S/Ce.H3N.H2O.O/h;1H3;1H2;/q+3;;;-2/p-1.